The Labute approximate surface area is 89.5 Å². The van der Waals surface area contributed by atoms with E-state index in [-0.39, 0.29) is 0 Å². The van der Waals surface area contributed by atoms with Crippen LogP contribution in [0.15, 0.2) is 41.3 Å². The highest BCUT2D eigenvalue weighted by atomic mass is 32.2. The standard InChI is InChI=1S/C12H12O2S/c1-9-3-4-11-8-12(15(2,13)14)6-5-10(11)7-9/h3-8H,1-2H3. The Kier molecular flexibility index (Phi) is 2.27. The Morgan fingerprint density at radius 2 is 1.53 bits per heavy atom. The van der Waals surface area contributed by atoms with Gasteiger partial charge in [0.1, 0.15) is 0 Å². The number of hydrogen-bond acceptors (Lipinski definition) is 2. The molecule has 0 aromatic heterocycles. The maximum atomic E-state index is 11.3. The molecule has 2 aromatic rings. The number of aryl methyl sites for hydroxylation is 1. The largest absolute Gasteiger partial charge is 0.224 e. The summed E-state index contributed by atoms with van der Waals surface area (Å²) < 4.78 is 22.7. The molecule has 0 radical (unpaired) electrons. The van der Waals surface area contributed by atoms with Crippen LogP contribution in [0.25, 0.3) is 10.8 Å². The lowest BCUT2D eigenvalue weighted by molar-refractivity contribution is 0.602. The van der Waals surface area contributed by atoms with Crippen molar-refractivity contribution >= 4 is 20.6 Å². The van der Waals surface area contributed by atoms with Crippen LogP contribution in [-0.2, 0) is 9.84 Å². The monoisotopic (exact) mass is 220 g/mol. The van der Waals surface area contributed by atoms with E-state index >= 15 is 0 Å². The first-order chi connectivity index (χ1) is 6.97. The molecule has 0 saturated heterocycles. The topological polar surface area (TPSA) is 34.1 Å². The summed E-state index contributed by atoms with van der Waals surface area (Å²) in [5, 5.41) is 2.03. The van der Waals surface area contributed by atoms with Crippen molar-refractivity contribution < 1.29 is 8.42 Å². The molecule has 0 bridgehead atoms. The Balaban J connectivity index is 2.73. The third-order valence-electron chi connectivity index (χ3n) is 2.40. The van der Waals surface area contributed by atoms with Gasteiger partial charge in [0.15, 0.2) is 9.84 Å². The molecule has 15 heavy (non-hydrogen) atoms. The van der Waals surface area contributed by atoms with Gasteiger partial charge in [-0.25, -0.2) is 8.42 Å². The second-order valence-electron chi connectivity index (χ2n) is 3.78. The van der Waals surface area contributed by atoms with Crippen LogP contribution in [-0.4, -0.2) is 14.7 Å². The number of rotatable bonds is 1. The van der Waals surface area contributed by atoms with Crippen molar-refractivity contribution in [3.63, 3.8) is 0 Å². The van der Waals surface area contributed by atoms with Gasteiger partial charge in [0, 0.05) is 6.26 Å². The van der Waals surface area contributed by atoms with Crippen molar-refractivity contribution in [3.8, 4) is 0 Å². The molecule has 0 aliphatic heterocycles. The summed E-state index contributed by atoms with van der Waals surface area (Å²) in [5.74, 6) is 0. The van der Waals surface area contributed by atoms with Gasteiger partial charge in [0.25, 0.3) is 0 Å². The second kappa shape index (κ2) is 3.35. The predicted octanol–water partition coefficient (Wildman–Crippen LogP) is 2.55. The van der Waals surface area contributed by atoms with Crippen LogP contribution in [0.5, 0.6) is 0 Å². The van der Waals surface area contributed by atoms with Crippen LogP contribution in [0.3, 0.4) is 0 Å². The lowest BCUT2D eigenvalue weighted by Crippen LogP contribution is -1.96. The summed E-state index contributed by atoms with van der Waals surface area (Å²) in [6, 6.07) is 11.2. The van der Waals surface area contributed by atoms with Gasteiger partial charge in [0.05, 0.1) is 4.90 Å². The molecule has 0 N–H and O–H groups in total. The van der Waals surface area contributed by atoms with Crippen molar-refractivity contribution in [2.45, 2.75) is 11.8 Å². The van der Waals surface area contributed by atoms with E-state index in [1.54, 1.807) is 12.1 Å². The second-order valence-corrected chi connectivity index (χ2v) is 5.80. The molecule has 2 aromatic carbocycles. The molecule has 2 nitrogen and oxygen atoms in total. The fourth-order valence-corrected chi connectivity index (χ4v) is 2.23. The Bertz CT molecular complexity index is 613. The third-order valence-corrected chi connectivity index (χ3v) is 3.51. The minimum Gasteiger partial charge on any atom is -0.224 e. The number of hydrogen-bond donors (Lipinski definition) is 0. The van der Waals surface area contributed by atoms with Crippen molar-refractivity contribution in [3.05, 3.63) is 42.0 Å². The highest BCUT2D eigenvalue weighted by Gasteiger charge is 2.06. The average molecular weight is 220 g/mol. The molecule has 0 unspecified atom stereocenters. The zero-order valence-electron chi connectivity index (χ0n) is 8.69. The van der Waals surface area contributed by atoms with Crippen LogP contribution >= 0.6 is 0 Å². The van der Waals surface area contributed by atoms with E-state index in [9.17, 15) is 8.42 Å². The molecular formula is C12H12O2S. The maximum Gasteiger partial charge on any atom is 0.175 e. The highest BCUT2D eigenvalue weighted by Crippen LogP contribution is 2.20. The van der Waals surface area contributed by atoms with E-state index in [0.29, 0.717) is 4.90 Å². The van der Waals surface area contributed by atoms with Crippen molar-refractivity contribution in [2.75, 3.05) is 6.26 Å². The van der Waals surface area contributed by atoms with Crippen LogP contribution in [0.2, 0.25) is 0 Å². The van der Waals surface area contributed by atoms with Crippen molar-refractivity contribution in [2.24, 2.45) is 0 Å². The SMILES string of the molecule is Cc1ccc2cc(S(C)(=O)=O)ccc2c1. The summed E-state index contributed by atoms with van der Waals surface area (Å²) in [6.07, 6.45) is 1.22. The third kappa shape index (κ3) is 2.02. The van der Waals surface area contributed by atoms with E-state index in [0.717, 1.165) is 10.8 Å². The lowest BCUT2D eigenvalue weighted by atomic mass is 10.1. The molecule has 2 rings (SSSR count). The first-order valence-corrected chi connectivity index (χ1v) is 6.56. The number of benzene rings is 2. The van der Waals surface area contributed by atoms with Crippen LogP contribution in [0.4, 0.5) is 0 Å². The van der Waals surface area contributed by atoms with Gasteiger partial charge >= 0.3 is 0 Å². The predicted molar refractivity (Wildman–Crippen MR) is 61.8 cm³/mol. The van der Waals surface area contributed by atoms with Crippen LogP contribution < -0.4 is 0 Å². The van der Waals surface area contributed by atoms with Gasteiger partial charge in [0.2, 0.25) is 0 Å². The fraction of sp³-hybridized carbons (Fsp3) is 0.167. The normalized spacial score (nSPS) is 11.9. The van der Waals surface area contributed by atoms with Gasteiger partial charge in [-0.15, -0.1) is 0 Å². The fourth-order valence-electron chi connectivity index (χ4n) is 1.57. The van der Waals surface area contributed by atoms with E-state index in [1.165, 1.54) is 11.8 Å². The minimum absolute atomic E-state index is 0.374. The first-order valence-electron chi connectivity index (χ1n) is 4.67. The van der Waals surface area contributed by atoms with E-state index < -0.39 is 9.84 Å². The summed E-state index contributed by atoms with van der Waals surface area (Å²) in [5.41, 5.74) is 1.18. The zero-order chi connectivity index (χ0) is 11.1. The molecule has 0 heterocycles. The summed E-state index contributed by atoms with van der Waals surface area (Å²) in [7, 11) is -3.10. The minimum atomic E-state index is -3.10. The maximum absolute atomic E-state index is 11.3. The quantitative estimate of drug-likeness (QED) is 0.740. The average Bonchev–Trinajstić information content (AvgIpc) is 2.15. The van der Waals surface area contributed by atoms with Crippen molar-refractivity contribution in [1.82, 2.24) is 0 Å². The van der Waals surface area contributed by atoms with E-state index in [4.69, 9.17) is 0 Å². The zero-order valence-corrected chi connectivity index (χ0v) is 9.51. The van der Waals surface area contributed by atoms with Gasteiger partial charge < -0.3 is 0 Å². The van der Waals surface area contributed by atoms with Crippen LogP contribution in [0.1, 0.15) is 5.56 Å². The van der Waals surface area contributed by atoms with E-state index in [2.05, 4.69) is 0 Å². The molecule has 0 spiro atoms. The molecule has 0 atom stereocenters. The number of sulfone groups is 1. The van der Waals surface area contributed by atoms with Gasteiger partial charge in [-0.05, 0) is 29.8 Å². The molecule has 78 valence electrons. The Hall–Kier alpha value is -1.35. The smallest absolute Gasteiger partial charge is 0.175 e. The summed E-state index contributed by atoms with van der Waals surface area (Å²) in [4.78, 5) is 0.374. The molecule has 0 amide bonds. The van der Waals surface area contributed by atoms with Crippen molar-refractivity contribution in [1.29, 1.82) is 0 Å². The number of fused-ring (bicyclic) bond motifs is 1. The first kappa shape index (κ1) is 10.2. The molecule has 3 heteroatoms. The molecular weight excluding hydrogens is 208 g/mol. The van der Waals surface area contributed by atoms with Crippen LogP contribution in [0, 0.1) is 6.92 Å². The molecule has 0 saturated carbocycles. The molecule has 0 fully saturated rings. The molecule has 0 aliphatic rings. The molecule has 0 aliphatic carbocycles. The van der Waals surface area contributed by atoms with Gasteiger partial charge in [-0.2, -0.15) is 0 Å². The summed E-state index contributed by atoms with van der Waals surface area (Å²) in [6.45, 7) is 2.02. The van der Waals surface area contributed by atoms with E-state index in [1.807, 2.05) is 31.2 Å². The lowest BCUT2D eigenvalue weighted by Gasteiger charge is -2.02. The highest BCUT2D eigenvalue weighted by molar-refractivity contribution is 7.90. The van der Waals surface area contributed by atoms with Gasteiger partial charge in [-0.1, -0.05) is 29.8 Å². The van der Waals surface area contributed by atoms with Gasteiger partial charge in [-0.3, -0.25) is 0 Å². The Morgan fingerprint density at radius 3 is 2.20 bits per heavy atom. The Morgan fingerprint density at radius 1 is 0.933 bits per heavy atom. The summed E-state index contributed by atoms with van der Waals surface area (Å²) >= 11 is 0.